The molecule has 2 aromatic carbocycles. The van der Waals surface area contributed by atoms with Gasteiger partial charge in [0.1, 0.15) is 5.75 Å². The van der Waals surface area contributed by atoms with Crippen molar-refractivity contribution >= 4 is 15.7 Å². The number of nitrogens with zero attached hydrogens (tertiary/aromatic N) is 2. The fourth-order valence-corrected chi connectivity index (χ4v) is 4.62. The molecule has 0 unspecified atom stereocenters. The summed E-state index contributed by atoms with van der Waals surface area (Å²) in [4.78, 5) is 4.81. The van der Waals surface area contributed by atoms with E-state index in [4.69, 9.17) is 4.74 Å². The first-order valence-corrected chi connectivity index (χ1v) is 11.8. The Balaban J connectivity index is 1.31. The molecule has 1 aliphatic rings. The summed E-state index contributed by atoms with van der Waals surface area (Å²) < 4.78 is 32.3. The lowest BCUT2D eigenvalue weighted by Gasteiger charge is -2.36. The second-order valence-electron chi connectivity index (χ2n) is 7.33. The van der Waals surface area contributed by atoms with Gasteiger partial charge in [0.15, 0.2) is 0 Å². The molecular formula is C22H31N3O3S. The van der Waals surface area contributed by atoms with Gasteiger partial charge in [-0.25, -0.2) is 13.1 Å². The Morgan fingerprint density at radius 2 is 1.66 bits per heavy atom. The van der Waals surface area contributed by atoms with E-state index in [9.17, 15) is 8.42 Å². The largest absolute Gasteiger partial charge is 0.497 e. The number of ether oxygens (including phenoxy) is 1. The van der Waals surface area contributed by atoms with Gasteiger partial charge in [0, 0.05) is 38.4 Å². The fraction of sp³-hybridized carbons (Fsp3) is 0.455. The molecule has 0 amide bonds. The van der Waals surface area contributed by atoms with Crippen molar-refractivity contribution in [3.63, 3.8) is 0 Å². The lowest BCUT2D eigenvalue weighted by molar-refractivity contribution is 0.255. The minimum absolute atomic E-state index is 0.106. The van der Waals surface area contributed by atoms with Crippen LogP contribution in [0.3, 0.4) is 0 Å². The van der Waals surface area contributed by atoms with Gasteiger partial charge in [0.2, 0.25) is 10.0 Å². The number of rotatable bonds is 10. The standard InChI is InChI=1S/C22H31N3O3S/c1-28-22-10-8-20(9-11-22)12-19-29(26,27)23-13-5-14-24-15-17-25(18-16-24)21-6-3-2-4-7-21/h2-4,6-11,23H,5,12-19H2,1H3. The molecule has 29 heavy (non-hydrogen) atoms. The normalized spacial score (nSPS) is 15.4. The third-order valence-electron chi connectivity index (χ3n) is 5.29. The highest BCUT2D eigenvalue weighted by Crippen LogP contribution is 2.15. The van der Waals surface area contributed by atoms with Crippen LogP contribution in [0, 0.1) is 0 Å². The zero-order chi connectivity index (χ0) is 20.5. The summed E-state index contributed by atoms with van der Waals surface area (Å²) in [5.41, 5.74) is 2.27. The molecular weight excluding hydrogens is 386 g/mol. The highest BCUT2D eigenvalue weighted by atomic mass is 32.2. The second kappa shape index (κ2) is 10.6. The van der Waals surface area contributed by atoms with Crippen LogP contribution in [0.2, 0.25) is 0 Å². The van der Waals surface area contributed by atoms with Gasteiger partial charge >= 0.3 is 0 Å². The topological polar surface area (TPSA) is 61.9 Å². The van der Waals surface area contributed by atoms with Gasteiger partial charge in [-0.15, -0.1) is 0 Å². The van der Waals surface area contributed by atoms with Crippen molar-refractivity contribution < 1.29 is 13.2 Å². The number of methoxy groups -OCH3 is 1. The highest BCUT2D eigenvalue weighted by Gasteiger charge is 2.17. The van der Waals surface area contributed by atoms with Crippen molar-refractivity contribution in [1.82, 2.24) is 9.62 Å². The van der Waals surface area contributed by atoms with Gasteiger partial charge in [0.25, 0.3) is 0 Å². The molecule has 1 saturated heterocycles. The maximum atomic E-state index is 12.2. The maximum Gasteiger partial charge on any atom is 0.211 e. The van der Waals surface area contributed by atoms with Crippen LogP contribution in [-0.4, -0.2) is 65.4 Å². The van der Waals surface area contributed by atoms with Crippen molar-refractivity contribution in [2.75, 3.05) is 57.0 Å². The lowest BCUT2D eigenvalue weighted by Crippen LogP contribution is -2.47. The first kappa shape index (κ1) is 21.6. The van der Waals surface area contributed by atoms with E-state index in [0.29, 0.717) is 13.0 Å². The summed E-state index contributed by atoms with van der Waals surface area (Å²) in [6.45, 7) is 5.46. The van der Waals surface area contributed by atoms with E-state index >= 15 is 0 Å². The van der Waals surface area contributed by atoms with Crippen molar-refractivity contribution in [1.29, 1.82) is 0 Å². The third-order valence-corrected chi connectivity index (χ3v) is 6.67. The van der Waals surface area contributed by atoms with Crippen LogP contribution in [0.4, 0.5) is 5.69 Å². The number of aryl methyl sites for hydroxylation is 1. The molecule has 0 aliphatic carbocycles. The number of hydrogen-bond acceptors (Lipinski definition) is 5. The summed E-state index contributed by atoms with van der Waals surface area (Å²) in [6, 6.07) is 18.0. The number of para-hydroxylation sites is 1. The molecule has 0 radical (unpaired) electrons. The van der Waals surface area contributed by atoms with Gasteiger partial charge < -0.3 is 9.64 Å². The van der Waals surface area contributed by atoms with E-state index in [2.05, 4.69) is 38.8 Å². The minimum atomic E-state index is -3.25. The molecule has 1 fully saturated rings. The molecule has 3 rings (SSSR count). The van der Waals surface area contributed by atoms with Crippen molar-refractivity contribution in [3.8, 4) is 5.75 Å². The van der Waals surface area contributed by atoms with Crippen molar-refractivity contribution in [2.24, 2.45) is 0 Å². The Hall–Kier alpha value is -2.09. The molecule has 6 nitrogen and oxygen atoms in total. The van der Waals surface area contributed by atoms with Gasteiger partial charge in [-0.05, 0) is 49.2 Å². The van der Waals surface area contributed by atoms with E-state index in [1.165, 1.54) is 5.69 Å². The smallest absolute Gasteiger partial charge is 0.211 e. The monoisotopic (exact) mass is 417 g/mol. The summed E-state index contributed by atoms with van der Waals surface area (Å²) in [6.07, 6.45) is 1.33. The molecule has 0 saturated carbocycles. The van der Waals surface area contributed by atoms with Crippen LogP contribution >= 0.6 is 0 Å². The molecule has 0 spiro atoms. The van der Waals surface area contributed by atoms with Gasteiger partial charge in [-0.1, -0.05) is 30.3 Å². The minimum Gasteiger partial charge on any atom is -0.497 e. The number of anilines is 1. The average molecular weight is 418 g/mol. The Morgan fingerprint density at radius 3 is 2.31 bits per heavy atom. The quantitative estimate of drug-likeness (QED) is 0.602. The van der Waals surface area contributed by atoms with Gasteiger partial charge in [-0.3, -0.25) is 4.90 Å². The van der Waals surface area contributed by atoms with Crippen LogP contribution in [0.5, 0.6) is 5.75 Å². The predicted molar refractivity (Wildman–Crippen MR) is 118 cm³/mol. The molecule has 0 aromatic heterocycles. The van der Waals surface area contributed by atoms with Gasteiger partial charge in [-0.2, -0.15) is 0 Å². The zero-order valence-electron chi connectivity index (χ0n) is 17.1. The van der Waals surface area contributed by atoms with Crippen LogP contribution < -0.4 is 14.4 Å². The Labute approximate surface area is 174 Å². The first-order valence-electron chi connectivity index (χ1n) is 10.2. The summed E-state index contributed by atoms with van der Waals surface area (Å²) in [5.74, 6) is 0.883. The SMILES string of the molecule is COc1ccc(CCS(=O)(=O)NCCCN2CCN(c3ccccc3)CC2)cc1. The first-order chi connectivity index (χ1) is 14.1. The molecule has 2 aromatic rings. The predicted octanol–water partition coefficient (Wildman–Crippen LogP) is 2.37. The lowest BCUT2D eigenvalue weighted by atomic mass is 10.2. The van der Waals surface area contributed by atoms with Crippen LogP contribution in [0.25, 0.3) is 0 Å². The van der Waals surface area contributed by atoms with Crippen LogP contribution in [0.15, 0.2) is 54.6 Å². The van der Waals surface area contributed by atoms with Crippen molar-refractivity contribution in [3.05, 3.63) is 60.2 Å². The Morgan fingerprint density at radius 1 is 0.966 bits per heavy atom. The fourth-order valence-electron chi connectivity index (χ4n) is 3.52. The summed E-state index contributed by atoms with van der Waals surface area (Å²) >= 11 is 0. The molecule has 1 aliphatic heterocycles. The third kappa shape index (κ3) is 7.03. The van der Waals surface area contributed by atoms with E-state index in [1.807, 2.05) is 30.3 Å². The maximum absolute atomic E-state index is 12.2. The van der Waals surface area contributed by atoms with Gasteiger partial charge in [0.05, 0.1) is 12.9 Å². The molecule has 0 atom stereocenters. The summed E-state index contributed by atoms with van der Waals surface area (Å²) in [7, 11) is -1.63. The van der Waals surface area contributed by atoms with Crippen LogP contribution in [0.1, 0.15) is 12.0 Å². The zero-order valence-corrected chi connectivity index (χ0v) is 17.9. The van der Waals surface area contributed by atoms with E-state index < -0.39 is 10.0 Å². The number of sulfonamides is 1. The number of benzene rings is 2. The number of hydrogen-bond donors (Lipinski definition) is 1. The van der Waals surface area contributed by atoms with Crippen LogP contribution in [-0.2, 0) is 16.4 Å². The Kier molecular flexibility index (Phi) is 7.91. The number of piperazine rings is 1. The molecule has 1 heterocycles. The number of nitrogens with one attached hydrogen (secondary N) is 1. The van der Waals surface area contributed by atoms with Crippen molar-refractivity contribution in [2.45, 2.75) is 12.8 Å². The van der Waals surface area contributed by atoms with E-state index in [-0.39, 0.29) is 5.75 Å². The molecule has 0 bridgehead atoms. The highest BCUT2D eigenvalue weighted by molar-refractivity contribution is 7.89. The second-order valence-corrected chi connectivity index (χ2v) is 9.26. The average Bonchev–Trinajstić information content (AvgIpc) is 2.77. The molecule has 1 N–H and O–H groups in total. The molecule has 158 valence electrons. The Bertz CT molecular complexity index is 833. The molecule has 7 heteroatoms. The van der Waals surface area contributed by atoms with E-state index in [0.717, 1.165) is 50.5 Å². The summed E-state index contributed by atoms with van der Waals surface area (Å²) in [5, 5.41) is 0. The van der Waals surface area contributed by atoms with E-state index in [1.54, 1.807) is 7.11 Å².